The SMILES string of the molecule is COc1ccc2c(c1)C(=CC(=O)c1cccc(C(=O)Nc3ccc(O)cc3)c1)NC(C)(C)C2. The Labute approximate surface area is 192 Å². The van der Waals surface area contributed by atoms with Gasteiger partial charge in [0.2, 0.25) is 0 Å². The van der Waals surface area contributed by atoms with E-state index in [2.05, 4.69) is 24.5 Å². The number of allylic oxidation sites excluding steroid dienone is 1. The topological polar surface area (TPSA) is 87.7 Å². The first-order chi connectivity index (χ1) is 15.7. The number of phenolic OH excluding ortho intramolecular Hbond substituents is 1. The van der Waals surface area contributed by atoms with Crippen LogP contribution in [0.5, 0.6) is 11.5 Å². The van der Waals surface area contributed by atoms with Crippen molar-refractivity contribution >= 4 is 23.1 Å². The second-order valence-corrected chi connectivity index (χ2v) is 8.71. The summed E-state index contributed by atoms with van der Waals surface area (Å²) < 4.78 is 5.37. The Morgan fingerprint density at radius 1 is 1.03 bits per heavy atom. The molecule has 3 aromatic carbocycles. The van der Waals surface area contributed by atoms with Crippen LogP contribution in [0.4, 0.5) is 5.69 Å². The second kappa shape index (κ2) is 8.82. The molecular weight excluding hydrogens is 416 g/mol. The Kier molecular flexibility index (Phi) is 5.92. The highest BCUT2D eigenvalue weighted by Gasteiger charge is 2.28. The zero-order valence-electron chi connectivity index (χ0n) is 18.8. The summed E-state index contributed by atoms with van der Waals surface area (Å²) in [5, 5.41) is 15.6. The summed E-state index contributed by atoms with van der Waals surface area (Å²) in [6.07, 6.45) is 2.40. The summed E-state index contributed by atoms with van der Waals surface area (Å²) in [5.74, 6) is 0.298. The minimum Gasteiger partial charge on any atom is -0.508 e. The van der Waals surface area contributed by atoms with Crippen LogP contribution in [-0.4, -0.2) is 29.4 Å². The highest BCUT2D eigenvalue weighted by molar-refractivity contribution is 6.11. The zero-order chi connectivity index (χ0) is 23.6. The smallest absolute Gasteiger partial charge is 0.255 e. The van der Waals surface area contributed by atoms with Crippen molar-refractivity contribution in [1.82, 2.24) is 5.32 Å². The van der Waals surface area contributed by atoms with Gasteiger partial charge in [-0.25, -0.2) is 0 Å². The van der Waals surface area contributed by atoms with Crippen LogP contribution >= 0.6 is 0 Å². The van der Waals surface area contributed by atoms with E-state index < -0.39 is 0 Å². The minimum atomic E-state index is -0.338. The van der Waals surface area contributed by atoms with E-state index in [1.165, 1.54) is 12.1 Å². The summed E-state index contributed by atoms with van der Waals surface area (Å²) in [7, 11) is 1.62. The van der Waals surface area contributed by atoms with Crippen molar-refractivity contribution in [3.05, 3.63) is 95.1 Å². The lowest BCUT2D eigenvalue weighted by Crippen LogP contribution is -2.43. The van der Waals surface area contributed by atoms with Gasteiger partial charge in [0, 0.05) is 39.7 Å². The molecule has 4 rings (SSSR count). The van der Waals surface area contributed by atoms with Crippen molar-refractivity contribution in [2.24, 2.45) is 0 Å². The number of ketones is 1. The van der Waals surface area contributed by atoms with Crippen molar-refractivity contribution in [3.63, 3.8) is 0 Å². The molecule has 1 aliphatic heterocycles. The molecule has 0 atom stereocenters. The van der Waals surface area contributed by atoms with Crippen molar-refractivity contribution in [1.29, 1.82) is 0 Å². The number of nitrogens with one attached hydrogen (secondary N) is 2. The molecule has 3 N–H and O–H groups in total. The van der Waals surface area contributed by atoms with Crippen molar-refractivity contribution in [2.75, 3.05) is 12.4 Å². The molecule has 6 nitrogen and oxygen atoms in total. The minimum absolute atomic E-state index is 0.118. The third-order valence-corrected chi connectivity index (χ3v) is 5.52. The van der Waals surface area contributed by atoms with Gasteiger partial charge in [-0.05, 0) is 74.4 Å². The molecule has 0 radical (unpaired) electrons. The molecule has 1 amide bonds. The summed E-state index contributed by atoms with van der Waals surface area (Å²) >= 11 is 0. The van der Waals surface area contributed by atoms with Crippen LogP contribution in [0.25, 0.3) is 5.70 Å². The highest BCUT2D eigenvalue weighted by Crippen LogP contribution is 2.32. The predicted molar refractivity (Wildman–Crippen MR) is 129 cm³/mol. The Hall–Kier alpha value is -4.06. The molecule has 6 heteroatoms. The maximum Gasteiger partial charge on any atom is 0.255 e. The molecule has 0 bridgehead atoms. The first-order valence-corrected chi connectivity index (χ1v) is 10.7. The number of carbonyl (C=O) groups excluding carboxylic acids is 2. The first-order valence-electron chi connectivity index (χ1n) is 10.7. The number of methoxy groups -OCH3 is 1. The predicted octanol–water partition coefficient (Wildman–Crippen LogP) is 4.80. The fourth-order valence-electron chi connectivity index (χ4n) is 3.93. The van der Waals surface area contributed by atoms with Gasteiger partial charge in [-0.3, -0.25) is 9.59 Å². The number of amides is 1. The van der Waals surface area contributed by atoms with Gasteiger partial charge in [0.05, 0.1) is 7.11 Å². The Morgan fingerprint density at radius 3 is 2.48 bits per heavy atom. The number of anilines is 1. The standard InChI is InChI=1S/C27H26N2O4/c1-27(2)16-19-7-12-22(33-3)14-23(19)24(29-27)15-25(31)17-5-4-6-18(13-17)26(32)28-20-8-10-21(30)11-9-20/h4-15,29-30H,16H2,1-3H3,(H,28,32). The number of benzene rings is 3. The molecule has 3 aromatic rings. The molecule has 0 saturated carbocycles. The number of hydrogen-bond acceptors (Lipinski definition) is 5. The second-order valence-electron chi connectivity index (χ2n) is 8.71. The monoisotopic (exact) mass is 442 g/mol. The zero-order valence-corrected chi connectivity index (χ0v) is 18.8. The molecular formula is C27H26N2O4. The van der Waals surface area contributed by atoms with Gasteiger partial charge in [-0.15, -0.1) is 0 Å². The molecule has 0 saturated heterocycles. The van der Waals surface area contributed by atoms with Crippen LogP contribution in [0.2, 0.25) is 0 Å². The van der Waals surface area contributed by atoms with Gasteiger partial charge in [0.15, 0.2) is 5.78 Å². The van der Waals surface area contributed by atoms with Crippen LogP contribution in [0.15, 0.2) is 72.8 Å². The molecule has 1 heterocycles. The van der Waals surface area contributed by atoms with Gasteiger partial charge in [-0.1, -0.05) is 18.2 Å². The summed E-state index contributed by atoms with van der Waals surface area (Å²) in [5.41, 5.74) is 3.92. The van der Waals surface area contributed by atoms with Gasteiger partial charge < -0.3 is 20.5 Å². The normalized spacial score (nSPS) is 15.3. The molecule has 0 aliphatic carbocycles. The Morgan fingerprint density at radius 2 is 1.76 bits per heavy atom. The third kappa shape index (κ3) is 5.06. The van der Waals surface area contributed by atoms with Crippen molar-refractivity contribution < 1.29 is 19.4 Å². The molecule has 33 heavy (non-hydrogen) atoms. The Bertz CT molecular complexity index is 1240. The van der Waals surface area contributed by atoms with E-state index in [0.29, 0.717) is 16.8 Å². The number of carbonyl (C=O) groups is 2. The molecule has 1 aliphatic rings. The maximum absolute atomic E-state index is 13.2. The van der Waals surface area contributed by atoms with Crippen LogP contribution in [0.3, 0.4) is 0 Å². The van der Waals surface area contributed by atoms with Crippen molar-refractivity contribution in [2.45, 2.75) is 25.8 Å². The highest BCUT2D eigenvalue weighted by atomic mass is 16.5. The van der Waals surface area contributed by atoms with E-state index in [-0.39, 0.29) is 23.0 Å². The van der Waals surface area contributed by atoms with Crippen LogP contribution < -0.4 is 15.4 Å². The van der Waals surface area contributed by atoms with E-state index in [9.17, 15) is 14.7 Å². The lowest BCUT2D eigenvalue weighted by atomic mass is 9.85. The van der Waals surface area contributed by atoms with Crippen LogP contribution in [-0.2, 0) is 6.42 Å². The van der Waals surface area contributed by atoms with E-state index in [0.717, 1.165) is 29.0 Å². The average molecular weight is 443 g/mol. The Balaban J connectivity index is 1.61. The molecule has 0 spiro atoms. The van der Waals surface area contributed by atoms with E-state index in [1.807, 2.05) is 18.2 Å². The molecule has 0 unspecified atom stereocenters. The summed E-state index contributed by atoms with van der Waals surface area (Å²) in [6.45, 7) is 4.18. The number of aromatic hydroxyl groups is 1. The quantitative estimate of drug-likeness (QED) is 0.300. The molecule has 0 fully saturated rings. The molecule has 168 valence electrons. The van der Waals surface area contributed by atoms with Gasteiger partial charge in [-0.2, -0.15) is 0 Å². The fourth-order valence-corrected chi connectivity index (χ4v) is 3.93. The lowest BCUT2D eigenvalue weighted by Gasteiger charge is -2.35. The number of ether oxygens (including phenoxy) is 1. The maximum atomic E-state index is 13.2. The largest absolute Gasteiger partial charge is 0.508 e. The van der Waals surface area contributed by atoms with Gasteiger partial charge >= 0.3 is 0 Å². The van der Waals surface area contributed by atoms with E-state index in [4.69, 9.17) is 4.74 Å². The number of rotatable bonds is 5. The van der Waals surface area contributed by atoms with Gasteiger partial charge in [0.25, 0.3) is 5.91 Å². The number of phenols is 1. The van der Waals surface area contributed by atoms with E-state index in [1.54, 1.807) is 49.6 Å². The van der Waals surface area contributed by atoms with Crippen molar-refractivity contribution in [3.8, 4) is 11.5 Å². The average Bonchev–Trinajstić information content (AvgIpc) is 2.79. The summed E-state index contributed by atoms with van der Waals surface area (Å²) in [6, 6.07) is 18.7. The third-order valence-electron chi connectivity index (χ3n) is 5.52. The van der Waals surface area contributed by atoms with Gasteiger partial charge in [0.1, 0.15) is 11.5 Å². The fraction of sp³-hybridized carbons (Fsp3) is 0.185. The summed E-state index contributed by atoms with van der Waals surface area (Å²) in [4.78, 5) is 25.8. The van der Waals surface area contributed by atoms with Crippen LogP contribution in [0, 0.1) is 0 Å². The first kappa shape index (κ1) is 22.1. The number of fused-ring (bicyclic) bond motifs is 1. The molecule has 0 aromatic heterocycles. The van der Waals surface area contributed by atoms with E-state index >= 15 is 0 Å². The number of hydrogen-bond donors (Lipinski definition) is 3. The van der Waals surface area contributed by atoms with Crippen LogP contribution in [0.1, 0.15) is 45.7 Å². The lowest BCUT2D eigenvalue weighted by molar-refractivity contribution is 0.102.